The van der Waals surface area contributed by atoms with Crippen LogP contribution in [-0.2, 0) is 4.79 Å². The van der Waals surface area contributed by atoms with Crippen LogP contribution in [0.1, 0.15) is 50.2 Å². The maximum atomic E-state index is 13.8. The van der Waals surface area contributed by atoms with Crippen molar-refractivity contribution in [2.75, 3.05) is 0 Å². The molecule has 1 nitrogen and oxygen atoms in total. The zero-order valence-corrected chi connectivity index (χ0v) is 11.3. The minimum Gasteiger partial charge on any atom is -0.303 e. The van der Waals surface area contributed by atoms with Crippen molar-refractivity contribution >= 4 is 22.2 Å². The Morgan fingerprint density at radius 3 is 2.50 bits per heavy atom. The Labute approximate surface area is 104 Å². The van der Waals surface area contributed by atoms with Crippen LogP contribution in [0, 0.1) is 5.82 Å². The predicted octanol–water partition coefficient (Wildman–Crippen LogP) is 4.40. The Morgan fingerprint density at radius 2 is 2.00 bits per heavy atom. The van der Waals surface area contributed by atoms with Crippen LogP contribution in [0.4, 0.5) is 4.39 Å². The first-order chi connectivity index (χ1) is 7.47. The summed E-state index contributed by atoms with van der Waals surface area (Å²) in [5.74, 6) is 0.0728. The van der Waals surface area contributed by atoms with E-state index in [1.54, 1.807) is 6.07 Å². The summed E-state index contributed by atoms with van der Waals surface area (Å²) in [6.07, 6.45) is 1.37. The summed E-state index contributed by atoms with van der Waals surface area (Å²) in [7, 11) is 0. The molecule has 0 aliphatic rings. The van der Waals surface area contributed by atoms with Gasteiger partial charge in [0.15, 0.2) is 0 Å². The number of aldehydes is 1. The Hall–Kier alpha value is -0.700. The molecule has 1 aromatic rings. The fraction of sp³-hybridized carbons (Fsp3) is 0.462. The van der Waals surface area contributed by atoms with Gasteiger partial charge in [0.25, 0.3) is 0 Å². The lowest BCUT2D eigenvalue weighted by atomic mass is 9.93. The third-order valence-electron chi connectivity index (χ3n) is 2.72. The van der Waals surface area contributed by atoms with Crippen molar-refractivity contribution in [2.45, 2.75) is 39.0 Å². The Morgan fingerprint density at radius 1 is 1.38 bits per heavy atom. The van der Waals surface area contributed by atoms with Crippen molar-refractivity contribution in [3.63, 3.8) is 0 Å². The normalized spacial score (nSPS) is 12.9. The van der Waals surface area contributed by atoms with Crippen LogP contribution in [0.5, 0.6) is 0 Å². The van der Waals surface area contributed by atoms with Crippen LogP contribution in [0.2, 0.25) is 0 Å². The zero-order valence-electron chi connectivity index (χ0n) is 9.76. The molecule has 0 aliphatic carbocycles. The second-order valence-corrected chi connectivity index (χ2v) is 5.22. The smallest absolute Gasteiger partial charge is 0.140 e. The minimum atomic E-state index is -0.197. The van der Waals surface area contributed by atoms with Gasteiger partial charge in [-0.05, 0) is 45.0 Å². The van der Waals surface area contributed by atoms with Gasteiger partial charge < -0.3 is 4.79 Å². The highest BCUT2D eigenvalue weighted by atomic mass is 79.9. The SMILES string of the molecule is CC(C)c1cc(C(C)CC=O)cc(Br)c1F. The van der Waals surface area contributed by atoms with E-state index in [9.17, 15) is 9.18 Å². The average Bonchev–Trinajstić information content (AvgIpc) is 2.21. The molecule has 0 spiro atoms. The summed E-state index contributed by atoms with van der Waals surface area (Å²) < 4.78 is 14.2. The Kier molecular flexibility index (Phi) is 4.66. The summed E-state index contributed by atoms with van der Waals surface area (Å²) >= 11 is 3.22. The molecule has 0 amide bonds. The molecule has 0 saturated carbocycles. The van der Waals surface area contributed by atoms with Gasteiger partial charge in [0.2, 0.25) is 0 Å². The van der Waals surface area contributed by atoms with Crippen LogP contribution < -0.4 is 0 Å². The number of halogens is 2. The van der Waals surface area contributed by atoms with Crippen LogP contribution in [0.25, 0.3) is 0 Å². The van der Waals surface area contributed by atoms with Crippen LogP contribution >= 0.6 is 15.9 Å². The molecular formula is C13H16BrFO. The lowest BCUT2D eigenvalue weighted by molar-refractivity contribution is -0.108. The zero-order chi connectivity index (χ0) is 12.3. The molecular weight excluding hydrogens is 271 g/mol. The molecule has 0 aromatic heterocycles. The average molecular weight is 287 g/mol. The highest BCUT2D eigenvalue weighted by Crippen LogP contribution is 2.30. The van der Waals surface area contributed by atoms with E-state index in [2.05, 4.69) is 15.9 Å². The number of benzene rings is 1. The molecule has 16 heavy (non-hydrogen) atoms. The molecule has 0 N–H and O–H groups in total. The van der Waals surface area contributed by atoms with E-state index in [1.165, 1.54) is 0 Å². The molecule has 1 aromatic carbocycles. The van der Waals surface area contributed by atoms with Crippen molar-refractivity contribution in [3.8, 4) is 0 Å². The second kappa shape index (κ2) is 5.58. The van der Waals surface area contributed by atoms with Gasteiger partial charge in [0.1, 0.15) is 12.1 Å². The highest BCUT2D eigenvalue weighted by Gasteiger charge is 2.14. The van der Waals surface area contributed by atoms with Crippen molar-refractivity contribution in [1.82, 2.24) is 0 Å². The molecule has 0 bridgehead atoms. The lowest BCUT2D eigenvalue weighted by Crippen LogP contribution is -2.01. The van der Waals surface area contributed by atoms with Gasteiger partial charge >= 0.3 is 0 Å². The van der Waals surface area contributed by atoms with Crippen LogP contribution in [0.3, 0.4) is 0 Å². The van der Waals surface area contributed by atoms with Crippen LogP contribution in [-0.4, -0.2) is 6.29 Å². The Balaban J connectivity index is 3.18. The molecule has 3 heteroatoms. The quantitative estimate of drug-likeness (QED) is 0.750. The van der Waals surface area contributed by atoms with Gasteiger partial charge in [0, 0.05) is 6.42 Å². The first kappa shape index (κ1) is 13.4. The maximum Gasteiger partial charge on any atom is 0.140 e. The van der Waals surface area contributed by atoms with E-state index >= 15 is 0 Å². The summed E-state index contributed by atoms with van der Waals surface area (Å²) in [5.41, 5.74) is 1.70. The maximum absolute atomic E-state index is 13.8. The molecule has 0 aliphatic heterocycles. The van der Waals surface area contributed by atoms with Gasteiger partial charge in [-0.15, -0.1) is 0 Å². The molecule has 0 heterocycles. The number of carbonyl (C=O) groups excluding carboxylic acids is 1. The minimum absolute atomic E-state index is 0.131. The third kappa shape index (κ3) is 2.91. The molecule has 1 rings (SSSR count). The summed E-state index contributed by atoms with van der Waals surface area (Å²) in [5, 5.41) is 0. The second-order valence-electron chi connectivity index (χ2n) is 4.36. The van der Waals surface area contributed by atoms with E-state index in [1.807, 2.05) is 26.8 Å². The standard InChI is InChI=1S/C13H16BrFO/c1-8(2)11-6-10(9(3)4-5-16)7-12(14)13(11)15/h5-9H,4H2,1-3H3. The van der Waals surface area contributed by atoms with Crippen molar-refractivity contribution in [2.24, 2.45) is 0 Å². The topological polar surface area (TPSA) is 17.1 Å². The fourth-order valence-corrected chi connectivity index (χ4v) is 2.11. The van der Waals surface area contributed by atoms with E-state index < -0.39 is 0 Å². The van der Waals surface area contributed by atoms with E-state index in [-0.39, 0.29) is 17.7 Å². The highest BCUT2D eigenvalue weighted by molar-refractivity contribution is 9.10. The fourth-order valence-electron chi connectivity index (χ4n) is 1.62. The largest absolute Gasteiger partial charge is 0.303 e. The molecule has 0 radical (unpaired) electrons. The number of hydrogen-bond donors (Lipinski definition) is 0. The van der Waals surface area contributed by atoms with E-state index in [0.29, 0.717) is 16.5 Å². The predicted molar refractivity (Wildman–Crippen MR) is 67.3 cm³/mol. The summed E-state index contributed by atoms with van der Waals surface area (Å²) in [4.78, 5) is 10.5. The summed E-state index contributed by atoms with van der Waals surface area (Å²) in [6.45, 7) is 5.89. The van der Waals surface area contributed by atoms with E-state index in [4.69, 9.17) is 0 Å². The summed E-state index contributed by atoms with van der Waals surface area (Å²) in [6, 6.07) is 3.62. The molecule has 1 atom stereocenters. The first-order valence-electron chi connectivity index (χ1n) is 5.39. The molecule has 1 unspecified atom stereocenters. The number of hydrogen-bond acceptors (Lipinski definition) is 1. The van der Waals surface area contributed by atoms with Crippen molar-refractivity contribution in [3.05, 3.63) is 33.5 Å². The van der Waals surface area contributed by atoms with E-state index in [0.717, 1.165) is 11.8 Å². The number of rotatable bonds is 4. The van der Waals surface area contributed by atoms with Crippen molar-refractivity contribution in [1.29, 1.82) is 0 Å². The monoisotopic (exact) mass is 286 g/mol. The van der Waals surface area contributed by atoms with Gasteiger partial charge in [-0.2, -0.15) is 0 Å². The molecule has 88 valence electrons. The third-order valence-corrected chi connectivity index (χ3v) is 3.30. The van der Waals surface area contributed by atoms with Gasteiger partial charge in [-0.1, -0.05) is 26.8 Å². The van der Waals surface area contributed by atoms with Crippen molar-refractivity contribution < 1.29 is 9.18 Å². The van der Waals surface area contributed by atoms with Crippen LogP contribution in [0.15, 0.2) is 16.6 Å². The molecule has 0 saturated heterocycles. The van der Waals surface area contributed by atoms with Gasteiger partial charge in [-0.3, -0.25) is 0 Å². The first-order valence-corrected chi connectivity index (χ1v) is 6.19. The van der Waals surface area contributed by atoms with Gasteiger partial charge in [-0.25, -0.2) is 4.39 Å². The lowest BCUT2D eigenvalue weighted by Gasteiger charge is -2.14. The number of carbonyl (C=O) groups is 1. The van der Waals surface area contributed by atoms with Gasteiger partial charge in [0.05, 0.1) is 4.47 Å². The Bertz CT molecular complexity index is 388. The molecule has 0 fully saturated rings.